The average Bonchev–Trinajstić information content (AvgIpc) is 2.78. The molecule has 0 saturated heterocycles. The Morgan fingerprint density at radius 2 is 1.94 bits per heavy atom. The summed E-state index contributed by atoms with van der Waals surface area (Å²) in [7, 11) is 0. The first-order valence-electron chi connectivity index (χ1n) is 5.84. The summed E-state index contributed by atoms with van der Waals surface area (Å²) in [5.41, 5.74) is 0.819. The zero-order valence-electron chi connectivity index (χ0n) is 10.3. The van der Waals surface area contributed by atoms with Gasteiger partial charge < -0.3 is 9.73 Å². The minimum absolute atomic E-state index is 0.424. The molecule has 0 saturated carbocycles. The maximum atomic E-state index is 6.13. The number of nitrogens with one attached hydrogen (secondary N) is 1. The Morgan fingerprint density at radius 1 is 1.17 bits per heavy atom. The fourth-order valence-electron chi connectivity index (χ4n) is 1.61. The quantitative estimate of drug-likeness (QED) is 0.876. The maximum absolute atomic E-state index is 6.13. The van der Waals surface area contributed by atoms with Crippen molar-refractivity contribution >= 4 is 23.2 Å². The number of benzene rings is 1. The molecule has 0 spiro atoms. The first-order chi connectivity index (χ1) is 8.56. The van der Waals surface area contributed by atoms with Gasteiger partial charge in [0.25, 0.3) is 0 Å². The van der Waals surface area contributed by atoms with Gasteiger partial charge in [0.15, 0.2) is 0 Å². The smallest absolute Gasteiger partial charge is 0.135 e. The number of hydrogen-bond donors (Lipinski definition) is 1. The lowest BCUT2D eigenvalue weighted by atomic mass is 10.2. The summed E-state index contributed by atoms with van der Waals surface area (Å²) in [5.74, 6) is 1.62. The van der Waals surface area contributed by atoms with Crippen LogP contribution in [0.1, 0.15) is 19.6 Å². The number of rotatable bonds is 4. The third kappa shape index (κ3) is 3.29. The van der Waals surface area contributed by atoms with Crippen molar-refractivity contribution < 1.29 is 4.42 Å². The molecule has 0 bridgehead atoms. The summed E-state index contributed by atoms with van der Waals surface area (Å²) in [6.45, 7) is 4.89. The van der Waals surface area contributed by atoms with Crippen molar-refractivity contribution in [2.75, 3.05) is 0 Å². The summed E-state index contributed by atoms with van der Waals surface area (Å²) < 4.78 is 5.75. The average molecular weight is 284 g/mol. The fourth-order valence-corrected chi connectivity index (χ4v) is 1.99. The molecule has 96 valence electrons. The number of halogens is 2. The van der Waals surface area contributed by atoms with Crippen molar-refractivity contribution in [3.63, 3.8) is 0 Å². The molecule has 2 rings (SSSR count). The second-order valence-corrected chi connectivity index (χ2v) is 5.27. The minimum Gasteiger partial charge on any atom is -0.460 e. The molecule has 0 amide bonds. The predicted molar refractivity (Wildman–Crippen MR) is 76.1 cm³/mol. The molecule has 0 aliphatic heterocycles. The second kappa shape index (κ2) is 5.79. The topological polar surface area (TPSA) is 25.2 Å². The number of furan rings is 1. The van der Waals surface area contributed by atoms with E-state index in [1.54, 1.807) is 12.1 Å². The van der Waals surface area contributed by atoms with E-state index in [0.717, 1.165) is 17.1 Å². The van der Waals surface area contributed by atoms with E-state index >= 15 is 0 Å². The molecule has 0 atom stereocenters. The Kier molecular flexibility index (Phi) is 4.33. The standard InChI is InChI=1S/C14H15Cl2NO/c1-9(2)17-8-11-4-6-14(18-11)12-7-10(15)3-5-13(12)16/h3-7,9,17H,8H2,1-2H3. The van der Waals surface area contributed by atoms with Gasteiger partial charge in [-0.1, -0.05) is 37.0 Å². The van der Waals surface area contributed by atoms with Gasteiger partial charge >= 0.3 is 0 Å². The van der Waals surface area contributed by atoms with E-state index in [1.165, 1.54) is 0 Å². The second-order valence-electron chi connectivity index (χ2n) is 4.43. The van der Waals surface area contributed by atoms with Gasteiger partial charge in [-0.3, -0.25) is 0 Å². The third-order valence-electron chi connectivity index (χ3n) is 2.54. The minimum atomic E-state index is 0.424. The molecule has 1 N–H and O–H groups in total. The summed E-state index contributed by atoms with van der Waals surface area (Å²) in [5, 5.41) is 4.58. The van der Waals surface area contributed by atoms with Crippen molar-refractivity contribution in [1.29, 1.82) is 0 Å². The highest BCUT2D eigenvalue weighted by atomic mass is 35.5. The molecule has 1 heterocycles. The van der Waals surface area contributed by atoms with Crippen LogP contribution in [0.2, 0.25) is 10.0 Å². The SMILES string of the molecule is CC(C)NCc1ccc(-c2cc(Cl)ccc2Cl)o1. The summed E-state index contributed by atoms with van der Waals surface area (Å²) in [6, 6.07) is 9.62. The van der Waals surface area contributed by atoms with Crippen molar-refractivity contribution in [2.24, 2.45) is 0 Å². The molecular formula is C14H15Cl2NO. The zero-order valence-corrected chi connectivity index (χ0v) is 11.8. The molecule has 0 aliphatic rings. The van der Waals surface area contributed by atoms with E-state index in [1.807, 2.05) is 18.2 Å². The van der Waals surface area contributed by atoms with E-state index in [0.29, 0.717) is 22.6 Å². The van der Waals surface area contributed by atoms with Crippen LogP contribution in [-0.4, -0.2) is 6.04 Å². The van der Waals surface area contributed by atoms with Crippen LogP contribution in [0, 0.1) is 0 Å². The van der Waals surface area contributed by atoms with Gasteiger partial charge in [-0.05, 0) is 30.3 Å². The van der Waals surface area contributed by atoms with E-state index in [4.69, 9.17) is 27.6 Å². The van der Waals surface area contributed by atoms with E-state index in [9.17, 15) is 0 Å². The van der Waals surface area contributed by atoms with E-state index in [2.05, 4.69) is 19.2 Å². The molecule has 0 fully saturated rings. The summed E-state index contributed by atoms with van der Waals surface area (Å²) in [6.07, 6.45) is 0. The first kappa shape index (κ1) is 13.5. The Bertz CT molecular complexity index is 534. The van der Waals surface area contributed by atoms with Crippen molar-refractivity contribution in [3.8, 4) is 11.3 Å². The van der Waals surface area contributed by atoms with Gasteiger partial charge in [0.05, 0.1) is 11.6 Å². The van der Waals surface area contributed by atoms with Crippen LogP contribution < -0.4 is 5.32 Å². The zero-order chi connectivity index (χ0) is 13.1. The molecule has 2 aromatic rings. The molecule has 1 aromatic carbocycles. The Hall–Kier alpha value is -0.960. The fraction of sp³-hybridized carbons (Fsp3) is 0.286. The Labute approximate surface area is 117 Å². The lowest BCUT2D eigenvalue weighted by Crippen LogP contribution is -2.21. The lowest BCUT2D eigenvalue weighted by Gasteiger charge is -2.05. The van der Waals surface area contributed by atoms with E-state index < -0.39 is 0 Å². The van der Waals surface area contributed by atoms with Gasteiger partial charge in [0, 0.05) is 16.6 Å². The third-order valence-corrected chi connectivity index (χ3v) is 3.10. The van der Waals surface area contributed by atoms with Gasteiger partial charge in [0.1, 0.15) is 11.5 Å². The molecular weight excluding hydrogens is 269 g/mol. The van der Waals surface area contributed by atoms with Gasteiger partial charge in [0.2, 0.25) is 0 Å². The molecule has 18 heavy (non-hydrogen) atoms. The monoisotopic (exact) mass is 283 g/mol. The van der Waals surface area contributed by atoms with Crippen molar-refractivity contribution in [3.05, 3.63) is 46.1 Å². The molecule has 2 nitrogen and oxygen atoms in total. The first-order valence-corrected chi connectivity index (χ1v) is 6.59. The van der Waals surface area contributed by atoms with Crippen LogP contribution in [0.3, 0.4) is 0 Å². The lowest BCUT2D eigenvalue weighted by molar-refractivity contribution is 0.473. The van der Waals surface area contributed by atoms with Crippen LogP contribution in [0.5, 0.6) is 0 Å². The molecule has 4 heteroatoms. The highest BCUT2D eigenvalue weighted by molar-refractivity contribution is 6.35. The largest absolute Gasteiger partial charge is 0.460 e. The Morgan fingerprint density at radius 3 is 2.67 bits per heavy atom. The number of hydrogen-bond acceptors (Lipinski definition) is 2. The maximum Gasteiger partial charge on any atom is 0.135 e. The van der Waals surface area contributed by atoms with Crippen LogP contribution in [0.25, 0.3) is 11.3 Å². The van der Waals surface area contributed by atoms with Crippen molar-refractivity contribution in [1.82, 2.24) is 5.32 Å². The molecule has 1 aromatic heterocycles. The molecule has 0 radical (unpaired) electrons. The molecule has 0 aliphatic carbocycles. The van der Waals surface area contributed by atoms with Crippen LogP contribution in [-0.2, 0) is 6.54 Å². The van der Waals surface area contributed by atoms with Crippen LogP contribution in [0.15, 0.2) is 34.7 Å². The normalized spacial score (nSPS) is 11.2. The highest BCUT2D eigenvalue weighted by Gasteiger charge is 2.09. The van der Waals surface area contributed by atoms with Crippen LogP contribution >= 0.6 is 23.2 Å². The molecule has 0 unspecified atom stereocenters. The van der Waals surface area contributed by atoms with Crippen LogP contribution in [0.4, 0.5) is 0 Å². The predicted octanol–water partition coefficient (Wildman–Crippen LogP) is 4.75. The Balaban J connectivity index is 2.21. The van der Waals surface area contributed by atoms with Crippen molar-refractivity contribution in [2.45, 2.75) is 26.4 Å². The van der Waals surface area contributed by atoms with Gasteiger partial charge in [-0.25, -0.2) is 0 Å². The van der Waals surface area contributed by atoms with E-state index in [-0.39, 0.29) is 0 Å². The van der Waals surface area contributed by atoms with Gasteiger partial charge in [-0.15, -0.1) is 0 Å². The highest BCUT2D eigenvalue weighted by Crippen LogP contribution is 2.31. The summed E-state index contributed by atoms with van der Waals surface area (Å²) >= 11 is 12.1. The summed E-state index contributed by atoms with van der Waals surface area (Å²) in [4.78, 5) is 0. The van der Waals surface area contributed by atoms with Gasteiger partial charge in [-0.2, -0.15) is 0 Å².